The Labute approximate surface area is 186 Å². The first kappa shape index (κ1) is 21.4. The molecule has 0 unspecified atom stereocenters. The van der Waals surface area contributed by atoms with Gasteiger partial charge in [-0.2, -0.15) is 0 Å². The summed E-state index contributed by atoms with van der Waals surface area (Å²) in [5.74, 6) is 1.27. The maximum absolute atomic E-state index is 13.9. The molecule has 5 nitrogen and oxygen atoms in total. The van der Waals surface area contributed by atoms with E-state index in [4.69, 9.17) is 20.8 Å². The molecule has 1 aliphatic rings. The zero-order chi connectivity index (χ0) is 21.8. The average molecular weight is 443 g/mol. The van der Waals surface area contributed by atoms with Gasteiger partial charge in [-0.25, -0.2) is 4.39 Å². The number of ether oxygens (including phenoxy) is 1. The van der Waals surface area contributed by atoms with Crippen molar-refractivity contribution in [2.75, 3.05) is 26.2 Å². The van der Waals surface area contributed by atoms with Crippen LogP contribution in [0.25, 0.3) is 0 Å². The molecule has 7 heteroatoms. The van der Waals surface area contributed by atoms with Crippen LogP contribution < -0.4 is 4.74 Å². The van der Waals surface area contributed by atoms with E-state index in [-0.39, 0.29) is 18.3 Å². The molecule has 1 fully saturated rings. The predicted molar refractivity (Wildman–Crippen MR) is 117 cm³/mol. The lowest BCUT2D eigenvalue weighted by atomic mass is 10.2. The molecule has 1 amide bonds. The van der Waals surface area contributed by atoms with Crippen molar-refractivity contribution in [1.82, 2.24) is 9.80 Å². The van der Waals surface area contributed by atoms with Crippen LogP contribution in [0.5, 0.6) is 5.75 Å². The van der Waals surface area contributed by atoms with Crippen LogP contribution in [0.3, 0.4) is 0 Å². The van der Waals surface area contributed by atoms with Gasteiger partial charge < -0.3 is 14.1 Å². The molecule has 0 spiro atoms. The van der Waals surface area contributed by atoms with Gasteiger partial charge in [-0.1, -0.05) is 29.8 Å². The summed E-state index contributed by atoms with van der Waals surface area (Å²) in [5, 5.41) is 0.657. The Hall–Kier alpha value is -2.83. The van der Waals surface area contributed by atoms with Crippen molar-refractivity contribution in [2.45, 2.75) is 20.1 Å². The van der Waals surface area contributed by atoms with Crippen LogP contribution in [0.4, 0.5) is 4.39 Å². The van der Waals surface area contributed by atoms with Crippen molar-refractivity contribution >= 4 is 17.5 Å². The molecule has 0 saturated carbocycles. The molecule has 1 aliphatic heterocycles. The quantitative estimate of drug-likeness (QED) is 0.543. The summed E-state index contributed by atoms with van der Waals surface area (Å²) in [6.45, 7) is 5.21. The molecule has 0 radical (unpaired) electrons. The normalized spacial score (nSPS) is 14.6. The second kappa shape index (κ2) is 9.54. The Morgan fingerprint density at radius 1 is 1.10 bits per heavy atom. The second-order valence-corrected chi connectivity index (χ2v) is 8.06. The molecule has 3 aromatic rings. The Morgan fingerprint density at radius 2 is 1.87 bits per heavy atom. The number of halogens is 2. The van der Waals surface area contributed by atoms with Crippen LogP contribution >= 0.6 is 11.6 Å². The molecule has 0 atom stereocenters. The van der Waals surface area contributed by atoms with Gasteiger partial charge in [-0.3, -0.25) is 9.69 Å². The van der Waals surface area contributed by atoms with E-state index >= 15 is 0 Å². The van der Waals surface area contributed by atoms with E-state index in [0.29, 0.717) is 54.8 Å². The van der Waals surface area contributed by atoms with E-state index in [1.807, 2.05) is 25.1 Å². The topological polar surface area (TPSA) is 45.9 Å². The SMILES string of the molecule is Cc1cc(Cl)ccc1OCc1ccc(C(=O)N2CCN(Cc3ccccc3F)CC2)o1. The zero-order valence-corrected chi connectivity index (χ0v) is 18.1. The summed E-state index contributed by atoms with van der Waals surface area (Å²) < 4.78 is 25.4. The van der Waals surface area contributed by atoms with E-state index in [0.717, 1.165) is 11.3 Å². The number of amides is 1. The molecule has 1 saturated heterocycles. The van der Waals surface area contributed by atoms with Gasteiger partial charge in [0, 0.05) is 43.3 Å². The molecule has 0 aliphatic carbocycles. The Morgan fingerprint density at radius 3 is 2.61 bits per heavy atom. The second-order valence-electron chi connectivity index (χ2n) is 7.62. The number of rotatable bonds is 6. The number of hydrogen-bond donors (Lipinski definition) is 0. The monoisotopic (exact) mass is 442 g/mol. The molecule has 162 valence electrons. The fourth-order valence-electron chi connectivity index (χ4n) is 3.63. The van der Waals surface area contributed by atoms with Gasteiger partial charge >= 0.3 is 0 Å². The van der Waals surface area contributed by atoms with Crippen LogP contribution in [0.15, 0.2) is 59.0 Å². The Bertz CT molecular complexity index is 1060. The average Bonchev–Trinajstić information content (AvgIpc) is 3.24. The van der Waals surface area contributed by atoms with Crippen molar-refractivity contribution in [3.63, 3.8) is 0 Å². The highest BCUT2D eigenvalue weighted by atomic mass is 35.5. The number of carbonyl (C=O) groups excluding carboxylic acids is 1. The van der Waals surface area contributed by atoms with Gasteiger partial charge in [-0.05, 0) is 48.9 Å². The van der Waals surface area contributed by atoms with E-state index in [1.165, 1.54) is 6.07 Å². The third-order valence-corrected chi connectivity index (χ3v) is 5.63. The van der Waals surface area contributed by atoms with Gasteiger partial charge in [0.1, 0.15) is 23.9 Å². The van der Waals surface area contributed by atoms with Crippen LogP contribution in [0, 0.1) is 12.7 Å². The third kappa shape index (κ3) is 5.27. The summed E-state index contributed by atoms with van der Waals surface area (Å²) >= 11 is 5.97. The minimum absolute atomic E-state index is 0.139. The first-order valence-electron chi connectivity index (χ1n) is 10.2. The summed E-state index contributed by atoms with van der Waals surface area (Å²) in [6, 6.07) is 15.7. The number of benzene rings is 2. The highest BCUT2D eigenvalue weighted by Gasteiger charge is 2.24. The molecule has 0 N–H and O–H groups in total. The van der Waals surface area contributed by atoms with Gasteiger partial charge in [0.15, 0.2) is 5.76 Å². The first-order valence-corrected chi connectivity index (χ1v) is 10.6. The van der Waals surface area contributed by atoms with Gasteiger partial charge in [-0.15, -0.1) is 0 Å². The fourth-order valence-corrected chi connectivity index (χ4v) is 3.85. The zero-order valence-electron chi connectivity index (χ0n) is 17.3. The van der Waals surface area contributed by atoms with Gasteiger partial charge in [0.25, 0.3) is 5.91 Å². The number of hydrogen-bond acceptors (Lipinski definition) is 4. The lowest BCUT2D eigenvalue weighted by molar-refractivity contribution is 0.0592. The van der Waals surface area contributed by atoms with E-state index in [2.05, 4.69) is 4.90 Å². The van der Waals surface area contributed by atoms with Crippen molar-refractivity contribution < 1.29 is 18.3 Å². The van der Waals surface area contributed by atoms with Crippen molar-refractivity contribution in [1.29, 1.82) is 0 Å². The van der Waals surface area contributed by atoms with E-state index < -0.39 is 0 Å². The van der Waals surface area contributed by atoms with Crippen molar-refractivity contribution in [3.05, 3.63) is 88.1 Å². The largest absolute Gasteiger partial charge is 0.485 e. The number of carbonyl (C=O) groups is 1. The summed E-state index contributed by atoms with van der Waals surface area (Å²) in [5.41, 5.74) is 1.61. The predicted octanol–water partition coefficient (Wildman–Crippen LogP) is 4.92. The standard InChI is InChI=1S/C24H24ClFN2O3/c1-17-14-19(25)6-8-22(17)30-16-20-7-9-23(31-20)24(29)28-12-10-27(11-13-28)15-18-4-2-3-5-21(18)26/h2-9,14H,10-13,15-16H2,1H3. The Balaban J connectivity index is 1.29. The number of nitrogens with zero attached hydrogens (tertiary/aromatic N) is 2. The molecule has 0 bridgehead atoms. The number of piperazine rings is 1. The number of furan rings is 1. The maximum Gasteiger partial charge on any atom is 0.289 e. The van der Waals surface area contributed by atoms with Crippen LogP contribution in [-0.4, -0.2) is 41.9 Å². The molecular weight excluding hydrogens is 419 g/mol. The number of aryl methyl sites for hydroxylation is 1. The highest BCUT2D eigenvalue weighted by molar-refractivity contribution is 6.30. The molecule has 4 rings (SSSR count). The molecular formula is C24H24ClFN2O3. The van der Waals surface area contributed by atoms with Gasteiger partial charge in [0.05, 0.1) is 0 Å². The minimum Gasteiger partial charge on any atom is -0.485 e. The summed E-state index contributed by atoms with van der Waals surface area (Å²) in [6.07, 6.45) is 0. The first-order chi connectivity index (χ1) is 15.0. The lowest BCUT2D eigenvalue weighted by Crippen LogP contribution is -2.48. The third-order valence-electron chi connectivity index (χ3n) is 5.39. The molecule has 1 aromatic heterocycles. The van der Waals surface area contributed by atoms with Gasteiger partial charge in [0.2, 0.25) is 0 Å². The van der Waals surface area contributed by atoms with Crippen LogP contribution in [0.2, 0.25) is 5.02 Å². The molecule has 31 heavy (non-hydrogen) atoms. The maximum atomic E-state index is 13.9. The fraction of sp³-hybridized carbons (Fsp3) is 0.292. The highest BCUT2D eigenvalue weighted by Crippen LogP contribution is 2.23. The Kier molecular flexibility index (Phi) is 6.59. The van der Waals surface area contributed by atoms with Crippen LogP contribution in [0.1, 0.15) is 27.4 Å². The summed E-state index contributed by atoms with van der Waals surface area (Å²) in [4.78, 5) is 16.7. The summed E-state index contributed by atoms with van der Waals surface area (Å²) in [7, 11) is 0. The molecule has 2 heterocycles. The molecule has 2 aromatic carbocycles. The van der Waals surface area contributed by atoms with E-state index in [1.54, 1.807) is 35.2 Å². The van der Waals surface area contributed by atoms with Crippen molar-refractivity contribution in [3.8, 4) is 5.75 Å². The lowest BCUT2D eigenvalue weighted by Gasteiger charge is -2.34. The van der Waals surface area contributed by atoms with Crippen LogP contribution in [-0.2, 0) is 13.2 Å². The minimum atomic E-state index is -0.194. The van der Waals surface area contributed by atoms with Crippen molar-refractivity contribution in [2.24, 2.45) is 0 Å². The van der Waals surface area contributed by atoms with E-state index in [9.17, 15) is 9.18 Å². The smallest absolute Gasteiger partial charge is 0.289 e.